The zero-order chi connectivity index (χ0) is 22.5. The SMILES string of the molecule is Cc1cc(N2CCCN(C(=O)C3CCC(=O)N(CCCN4CCCC4=O)C3)CC2)ccn1. The van der Waals surface area contributed by atoms with Gasteiger partial charge in [0, 0.05) is 82.8 Å². The van der Waals surface area contributed by atoms with E-state index in [1.807, 2.05) is 33.9 Å². The molecule has 32 heavy (non-hydrogen) atoms. The predicted octanol–water partition coefficient (Wildman–Crippen LogP) is 1.68. The Balaban J connectivity index is 1.28. The number of amides is 3. The third-order valence-corrected chi connectivity index (χ3v) is 6.93. The van der Waals surface area contributed by atoms with E-state index in [4.69, 9.17) is 0 Å². The first-order chi connectivity index (χ1) is 15.5. The molecule has 0 aromatic carbocycles. The van der Waals surface area contributed by atoms with E-state index < -0.39 is 0 Å². The number of piperidine rings is 1. The molecule has 3 amide bonds. The van der Waals surface area contributed by atoms with Crippen LogP contribution in [-0.2, 0) is 14.4 Å². The van der Waals surface area contributed by atoms with Crippen LogP contribution in [0, 0.1) is 12.8 Å². The largest absolute Gasteiger partial charge is 0.370 e. The zero-order valence-corrected chi connectivity index (χ0v) is 19.2. The minimum absolute atomic E-state index is 0.115. The normalized spacial score (nSPS) is 22.5. The van der Waals surface area contributed by atoms with Gasteiger partial charge in [-0.1, -0.05) is 0 Å². The Kier molecular flexibility index (Phi) is 7.27. The molecule has 4 heterocycles. The minimum Gasteiger partial charge on any atom is -0.370 e. The summed E-state index contributed by atoms with van der Waals surface area (Å²) < 4.78 is 0. The van der Waals surface area contributed by atoms with Gasteiger partial charge in [0.05, 0.1) is 5.92 Å². The third-order valence-electron chi connectivity index (χ3n) is 6.93. The monoisotopic (exact) mass is 441 g/mol. The fourth-order valence-electron chi connectivity index (χ4n) is 5.11. The van der Waals surface area contributed by atoms with Gasteiger partial charge < -0.3 is 19.6 Å². The average molecular weight is 442 g/mol. The van der Waals surface area contributed by atoms with Crippen molar-refractivity contribution in [2.75, 3.05) is 57.3 Å². The van der Waals surface area contributed by atoms with Crippen LogP contribution in [0.3, 0.4) is 0 Å². The summed E-state index contributed by atoms with van der Waals surface area (Å²) >= 11 is 0. The van der Waals surface area contributed by atoms with Gasteiger partial charge in [-0.3, -0.25) is 19.4 Å². The summed E-state index contributed by atoms with van der Waals surface area (Å²) in [6.07, 6.45) is 6.22. The lowest BCUT2D eigenvalue weighted by Crippen LogP contribution is -2.48. The lowest BCUT2D eigenvalue weighted by atomic mass is 9.95. The standard InChI is InChI=1S/C24H35N5O3/c1-19-17-21(8-9-25-19)26-11-3-13-28(16-15-26)24(32)20-6-7-23(31)29(18-20)14-4-12-27-10-2-5-22(27)30/h8-9,17,20H,2-7,10-16,18H2,1H3. The Bertz CT molecular complexity index is 845. The maximum Gasteiger partial charge on any atom is 0.227 e. The van der Waals surface area contributed by atoms with Crippen LogP contribution in [0.5, 0.6) is 0 Å². The molecule has 1 unspecified atom stereocenters. The van der Waals surface area contributed by atoms with E-state index in [9.17, 15) is 14.4 Å². The molecule has 4 rings (SSSR count). The molecule has 1 aromatic heterocycles. The molecule has 3 aliphatic rings. The Morgan fingerprint density at radius 3 is 2.59 bits per heavy atom. The van der Waals surface area contributed by atoms with E-state index in [1.165, 1.54) is 0 Å². The van der Waals surface area contributed by atoms with Crippen LogP contribution in [0.25, 0.3) is 0 Å². The van der Waals surface area contributed by atoms with Crippen molar-refractivity contribution in [2.24, 2.45) is 5.92 Å². The first-order valence-electron chi connectivity index (χ1n) is 12.0. The maximum absolute atomic E-state index is 13.3. The Labute approximate surface area is 190 Å². The number of carbonyl (C=O) groups excluding carboxylic acids is 3. The second-order valence-corrected chi connectivity index (χ2v) is 9.23. The van der Waals surface area contributed by atoms with Crippen LogP contribution in [0.1, 0.15) is 44.2 Å². The predicted molar refractivity (Wildman–Crippen MR) is 122 cm³/mol. The van der Waals surface area contributed by atoms with Gasteiger partial charge in [-0.05, 0) is 44.7 Å². The van der Waals surface area contributed by atoms with Gasteiger partial charge in [-0.2, -0.15) is 0 Å². The summed E-state index contributed by atoms with van der Waals surface area (Å²) in [6, 6.07) is 4.13. The first kappa shape index (κ1) is 22.6. The van der Waals surface area contributed by atoms with Crippen LogP contribution in [0.2, 0.25) is 0 Å². The highest BCUT2D eigenvalue weighted by Gasteiger charge is 2.33. The van der Waals surface area contributed by atoms with Gasteiger partial charge in [-0.15, -0.1) is 0 Å². The number of anilines is 1. The molecule has 8 nitrogen and oxygen atoms in total. The smallest absolute Gasteiger partial charge is 0.227 e. The number of hydrogen-bond acceptors (Lipinski definition) is 5. The average Bonchev–Trinajstić information content (AvgIpc) is 3.04. The second kappa shape index (κ2) is 10.3. The molecule has 0 bridgehead atoms. The number of pyridine rings is 1. The number of hydrogen-bond donors (Lipinski definition) is 0. The first-order valence-corrected chi connectivity index (χ1v) is 12.0. The number of nitrogens with zero attached hydrogens (tertiary/aromatic N) is 5. The highest BCUT2D eigenvalue weighted by atomic mass is 16.2. The van der Waals surface area contributed by atoms with E-state index in [-0.39, 0.29) is 23.6 Å². The molecule has 1 aromatic rings. The van der Waals surface area contributed by atoms with Crippen molar-refractivity contribution in [3.8, 4) is 0 Å². The van der Waals surface area contributed by atoms with Gasteiger partial charge in [0.2, 0.25) is 17.7 Å². The third kappa shape index (κ3) is 5.40. The van der Waals surface area contributed by atoms with Crippen LogP contribution in [0.4, 0.5) is 5.69 Å². The van der Waals surface area contributed by atoms with Crippen molar-refractivity contribution >= 4 is 23.4 Å². The number of aromatic nitrogens is 1. The summed E-state index contributed by atoms with van der Waals surface area (Å²) in [7, 11) is 0. The van der Waals surface area contributed by atoms with E-state index in [1.54, 1.807) is 0 Å². The van der Waals surface area contributed by atoms with E-state index in [0.29, 0.717) is 45.4 Å². The Hall–Kier alpha value is -2.64. The summed E-state index contributed by atoms with van der Waals surface area (Å²) in [5.74, 6) is 0.429. The van der Waals surface area contributed by atoms with Gasteiger partial charge in [-0.25, -0.2) is 0 Å². The molecular formula is C24H35N5O3. The summed E-state index contributed by atoms with van der Waals surface area (Å²) in [4.78, 5) is 49.8. The lowest BCUT2D eigenvalue weighted by molar-refractivity contribution is -0.143. The van der Waals surface area contributed by atoms with Crippen molar-refractivity contribution in [3.63, 3.8) is 0 Å². The quantitative estimate of drug-likeness (QED) is 0.671. The van der Waals surface area contributed by atoms with Crippen molar-refractivity contribution in [1.82, 2.24) is 19.7 Å². The second-order valence-electron chi connectivity index (χ2n) is 9.23. The van der Waals surface area contributed by atoms with Gasteiger partial charge in [0.25, 0.3) is 0 Å². The van der Waals surface area contributed by atoms with Crippen molar-refractivity contribution in [1.29, 1.82) is 0 Å². The van der Waals surface area contributed by atoms with Crippen molar-refractivity contribution in [2.45, 2.75) is 45.4 Å². The van der Waals surface area contributed by atoms with Crippen molar-refractivity contribution in [3.05, 3.63) is 24.0 Å². The van der Waals surface area contributed by atoms with E-state index in [0.717, 1.165) is 56.8 Å². The number of aryl methyl sites for hydroxylation is 1. The summed E-state index contributed by atoms with van der Waals surface area (Å²) in [6.45, 7) is 7.89. The zero-order valence-electron chi connectivity index (χ0n) is 19.2. The molecule has 0 aliphatic carbocycles. The summed E-state index contributed by atoms with van der Waals surface area (Å²) in [5.41, 5.74) is 2.17. The van der Waals surface area contributed by atoms with E-state index in [2.05, 4.69) is 16.0 Å². The molecule has 3 aliphatic heterocycles. The fraction of sp³-hybridized carbons (Fsp3) is 0.667. The number of carbonyl (C=O) groups is 3. The molecule has 3 fully saturated rings. The molecule has 174 valence electrons. The Morgan fingerprint density at radius 1 is 1.00 bits per heavy atom. The van der Waals surface area contributed by atoms with Crippen molar-refractivity contribution < 1.29 is 14.4 Å². The van der Waals surface area contributed by atoms with Crippen LogP contribution in [0.15, 0.2) is 18.3 Å². The van der Waals surface area contributed by atoms with Crippen LogP contribution < -0.4 is 4.90 Å². The molecule has 8 heteroatoms. The number of likely N-dealkylation sites (tertiary alicyclic amines) is 2. The highest BCUT2D eigenvalue weighted by Crippen LogP contribution is 2.23. The lowest BCUT2D eigenvalue weighted by Gasteiger charge is -2.35. The molecule has 0 saturated carbocycles. The van der Waals surface area contributed by atoms with Crippen LogP contribution in [-0.4, -0.2) is 89.8 Å². The highest BCUT2D eigenvalue weighted by molar-refractivity contribution is 5.84. The number of rotatable bonds is 6. The molecule has 0 radical (unpaired) electrons. The molecule has 1 atom stereocenters. The van der Waals surface area contributed by atoms with E-state index >= 15 is 0 Å². The maximum atomic E-state index is 13.3. The van der Waals surface area contributed by atoms with Crippen LogP contribution >= 0.6 is 0 Å². The van der Waals surface area contributed by atoms with Gasteiger partial charge in [0.15, 0.2) is 0 Å². The summed E-state index contributed by atoms with van der Waals surface area (Å²) in [5, 5.41) is 0. The Morgan fingerprint density at radius 2 is 1.81 bits per heavy atom. The molecular weight excluding hydrogens is 406 g/mol. The minimum atomic E-state index is -0.115. The molecule has 3 saturated heterocycles. The van der Waals surface area contributed by atoms with Gasteiger partial charge >= 0.3 is 0 Å². The topological polar surface area (TPSA) is 77.1 Å². The molecule has 0 spiro atoms. The fourth-order valence-corrected chi connectivity index (χ4v) is 5.11. The molecule has 0 N–H and O–H groups in total. The van der Waals surface area contributed by atoms with Gasteiger partial charge in [0.1, 0.15) is 0 Å².